The van der Waals surface area contributed by atoms with Crippen molar-refractivity contribution in [3.8, 4) is 33.4 Å². The summed E-state index contributed by atoms with van der Waals surface area (Å²) in [5.74, 6) is 0. The fourth-order valence-corrected chi connectivity index (χ4v) is 6.03. The number of hydrogen-bond acceptors (Lipinski definition) is 0. The molecular weight excluding hydrogens is 383 g/mol. The topological polar surface area (TPSA) is 0 Å². The predicted octanol–water partition coefficient (Wildman–Crippen LogP) is 5.96. The van der Waals surface area contributed by atoms with E-state index in [9.17, 15) is 0 Å². The van der Waals surface area contributed by atoms with Crippen molar-refractivity contribution in [1.82, 2.24) is 0 Å². The first-order chi connectivity index (χ1) is 15.8. The zero-order valence-electron chi connectivity index (χ0n) is 18.0. The fraction of sp³-hybridized carbons (Fsp3) is 0.0323. The molecule has 148 valence electrons. The van der Waals surface area contributed by atoms with Gasteiger partial charge in [0.25, 0.3) is 0 Å². The lowest BCUT2D eigenvalue weighted by molar-refractivity contribution is 0.794. The van der Waals surface area contributed by atoms with E-state index in [1.807, 2.05) is 0 Å². The fourth-order valence-electron chi connectivity index (χ4n) is 6.03. The van der Waals surface area contributed by atoms with Gasteiger partial charge in [-0.3, -0.25) is 0 Å². The van der Waals surface area contributed by atoms with E-state index in [-0.39, 0.29) is 5.41 Å². The van der Waals surface area contributed by atoms with Gasteiger partial charge in [-0.15, -0.1) is 0 Å². The summed E-state index contributed by atoms with van der Waals surface area (Å²) in [4.78, 5) is 0. The smallest absolute Gasteiger partial charge is 0.0889 e. The summed E-state index contributed by atoms with van der Waals surface area (Å²) in [6.45, 7) is 0. The van der Waals surface area contributed by atoms with Gasteiger partial charge in [0.05, 0.1) is 5.41 Å². The highest BCUT2D eigenvalue weighted by Gasteiger charge is 2.51. The lowest BCUT2D eigenvalue weighted by Gasteiger charge is -2.30. The number of fused-ring (bicyclic) bond motifs is 10. The lowest BCUT2D eigenvalue weighted by Crippen LogP contribution is -2.25. The highest BCUT2D eigenvalue weighted by atomic mass is 14.5. The van der Waals surface area contributed by atoms with E-state index in [4.69, 9.17) is 0 Å². The van der Waals surface area contributed by atoms with Crippen LogP contribution in [-0.2, 0) is 5.41 Å². The van der Waals surface area contributed by atoms with Crippen LogP contribution in [-0.4, -0.2) is 7.85 Å². The van der Waals surface area contributed by atoms with Crippen LogP contribution in [0.2, 0.25) is 0 Å². The van der Waals surface area contributed by atoms with Gasteiger partial charge >= 0.3 is 0 Å². The van der Waals surface area contributed by atoms with Gasteiger partial charge in [0.1, 0.15) is 7.85 Å². The second-order valence-electron chi connectivity index (χ2n) is 9.01. The van der Waals surface area contributed by atoms with Crippen LogP contribution >= 0.6 is 0 Å². The predicted molar refractivity (Wildman–Crippen MR) is 136 cm³/mol. The third kappa shape index (κ3) is 2.13. The first kappa shape index (κ1) is 17.8. The monoisotopic (exact) mass is 404 g/mol. The van der Waals surface area contributed by atoms with Gasteiger partial charge in [0.2, 0.25) is 0 Å². The van der Waals surface area contributed by atoms with E-state index < -0.39 is 0 Å². The molecular formula is C31H21B. The second kappa shape index (κ2) is 6.34. The van der Waals surface area contributed by atoms with Gasteiger partial charge < -0.3 is 0 Å². The number of rotatable bonds is 1. The Balaban J connectivity index is 1.58. The maximum absolute atomic E-state index is 2.40. The van der Waals surface area contributed by atoms with Crippen molar-refractivity contribution in [3.63, 3.8) is 0 Å². The molecule has 0 amide bonds. The van der Waals surface area contributed by atoms with E-state index in [0.29, 0.717) is 0 Å². The van der Waals surface area contributed by atoms with E-state index >= 15 is 0 Å². The SMILES string of the molecule is Bc1ccc(-c2ccc3c(c2)-c2ccccc2C32c3ccccc3-c3ccccc32)cc1. The molecule has 5 aromatic carbocycles. The van der Waals surface area contributed by atoms with Gasteiger partial charge in [-0.2, -0.15) is 0 Å². The Bertz CT molecular complexity index is 1480. The molecule has 0 aliphatic heterocycles. The van der Waals surface area contributed by atoms with Crippen LogP contribution in [0.15, 0.2) is 115 Å². The van der Waals surface area contributed by atoms with Crippen LogP contribution in [0.5, 0.6) is 0 Å². The van der Waals surface area contributed by atoms with Gasteiger partial charge in [0, 0.05) is 0 Å². The van der Waals surface area contributed by atoms with Crippen molar-refractivity contribution in [2.24, 2.45) is 0 Å². The summed E-state index contributed by atoms with van der Waals surface area (Å²) >= 11 is 0. The molecule has 0 atom stereocenters. The van der Waals surface area contributed by atoms with Crippen molar-refractivity contribution in [2.75, 3.05) is 0 Å². The minimum absolute atomic E-state index is 0.245. The van der Waals surface area contributed by atoms with Crippen molar-refractivity contribution >= 4 is 13.3 Å². The van der Waals surface area contributed by atoms with E-state index in [2.05, 4.69) is 123 Å². The van der Waals surface area contributed by atoms with Gasteiger partial charge in [-0.05, 0) is 61.7 Å². The normalized spacial score (nSPS) is 14.0. The van der Waals surface area contributed by atoms with Gasteiger partial charge in [-0.25, -0.2) is 0 Å². The highest BCUT2D eigenvalue weighted by Crippen LogP contribution is 2.62. The Kier molecular flexibility index (Phi) is 3.53. The molecule has 0 saturated carbocycles. The van der Waals surface area contributed by atoms with Crippen LogP contribution in [0.25, 0.3) is 33.4 Å². The van der Waals surface area contributed by atoms with E-state index in [0.717, 1.165) is 0 Å². The highest BCUT2D eigenvalue weighted by molar-refractivity contribution is 6.32. The molecule has 0 saturated heterocycles. The van der Waals surface area contributed by atoms with Crippen LogP contribution in [0.1, 0.15) is 22.3 Å². The lowest BCUT2D eigenvalue weighted by atomic mass is 9.70. The molecule has 0 N–H and O–H groups in total. The van der Waals surface area contributed by atoms with Gasteiger partial charge in [-0.1, -0.05) is 115 Å². The summed E-state index contributed by atoms with van der Waals surface area (Å²) in [5, 5.41) is 0. The third-order valence-electron chi connectivity index (χ3n) is 7.38. The number of hydrogen-bond donors (Lipinski definition) is 0. The van der Waals surface area contributed by atoms with Crippen molar-refractivity contribution in [2.45, 2.75) is 5.41 Å². The summed E-state index contributed by atoms with van der Waals surface area (Å²) < 4.78 is 0. The summed E-state index contributed by atoms with van der Waals surface area (Å²) in [7, 11) is 2.14. The molecule has 5 aromatic rings. The van der Waals surface area contributed by atoms with E-state index in [1.54, 1.807) is 0 Å². The summed E-state index contributed by atoms with van der Waals surface area (Å²) in [6, 6.07) is 42.9. The average molecular weight is 404 g/mol. The van der Waals surface area contributed by atoms with Gasteiger partial charge in [0.15, 0.2) is 0 Å². The van der Waals surface area contributed by atoms with Crippen molar-refractivity contribution in [1.29, 1.82) is 0 Å². The Labute approximate surface area is 189 Å². The quantitative estimate of drug-likeness (QED) is 0.297. The summed E-state index contributed by atoms with van der Waals surface area (Å²) in [5.41, 5.74) is 14.6. The molecule has 0 heterocycles. The molecule has 1 spiro atoms. The Morgan fingerprint density at radius 3 is 1.41 bits per heavy atom. The molecule has 7 rings (SSSR count). The molecule has 1 heteroatoms. The molecule has 32 heavy (non-hydrogen) atoms. The van der Waals surface area contributed by atoms with Crippen molar-refractivity contribution in [3.05, 3.63) is 138 Å². The largest absolute Gasteiger partial charge is 0.139 e. The molecule has 0 unspecified atom stereocenters. The first-order valence-electron chi connectivity index (χ1n) is 11.3. The zero-order chi connectivity index (χ0) is 21.3. The molecule has 2 aliphatic carbocycles. The second-order valence-corrected chi connectivity index (χ2v) is 9.01. The van der Waals surface area contributed by atoms with Crippen LogP contribution < -0.4 is 5.46 Å². The molecule has 0 fully saturated rings. The zero-order valence-corrected chi connectivity index (χ0v) is 18.0. The third-order valence-corrected chi connectivity index (χ3v) is 7.38. The molecule has 0 aromatic heterocycles. The van der Waals surface area contributed by atoms with E-state index in [1.165, 1.54) is 61.1 Å². The minimum atomic E-state index is -0.245. The van der Waals surface area contributed by atoms with Crippen LogP contribution in [0.4, 0.5) is 0 Å². The maximum Gasteiger partial charge on any atom is 0.139 e. The average Bonchev–Trinajstić information content (AvgIpc) is 3.32. The van der Waals surface area contributed by atoms with Crippen LogP contribution in [0.3, 0.4) is 0 Å². The minimum Gasteiger partial charge on any atom is -0.0889 e. The number of benzene rings is 5. The van der Waals surface area contributed by atoms with Crippen LogP contribution in [0, 0.1) is 0 Å². The Morgan fingerprint density at radius 2 is 0.844 bits per heavy atom. The molecule has 2 aliphatic rings. The Morgan fingerprint density at radius 1 is 0.406 bits per heavy atom. The molecule has 0 radical (unpaired) electrons. The molecule has 0 bridgehead atoms. The maximum atomic E-state index is 2.40. The standard InChI is InChI=1S/C31H21B/c32-22-16-13-20(14-17-22)21-15-18-30-26(19-21)25-9-3-6-12-29(25)31(30)27-10-4-1-7-23(27)24-8-2-5-11-28(24)31/h1-19H,32H2. The van der Waals surface area contributed by atoms with Crippen molar-refractivity contribution < 1.29 is 0 Å². The first-order valence-corrected chi connectivity index (χ1v) is 11.3. The molecule has 0 nitrogen and oxygen atoms in total. The summed E-state index contributed by atoms with van der Waals surface area (Å²) in [6.07, 6.45) is 0. The Hall–Kier alpha value is -3.84.